The zero-order valence-electron chi connectivity index (χ0n) is 8.83. The summed E-state index contributed by atoms with van der Waals surface area (Å²) in [7, 11) is 0. The van der Waals surface area contributed by atoms with Crippen molar-refractivity contribution in [3.05, 3.63) is 70.2 Å². The predicted octanol–water partition coefficient (Wildman–Crippen LogP) is 3.68. The average Bonchev–Trinajstić information content (AvgIpc) is 2.29. The van der Waals surface area contributed by atoms with Crippen molar-refractivity contribution in [3.63, 3.8) is 0 Å². The van der Waals surface area contributed by atoms with Gasteiger partial charge >= 0.3 is 0 Å². The van der Waals surface area contributed by atoms with E-state index in [1.165, 1.54) is 0 Å². The summed E-state index contributed by atoms with van der Waals surface area (Å²) >= 11 is 5.94. The number of halogens is 1. The Morgan fingerprint density at radius 2 is 1.81 bits per heavy atom. The van der Waals surface area contributed by atoms with Gasteiger partial charge in [-0.25, -0.2) is 0 Å². The third-order valence-corrected chi connectivity index (χ3v) is 2.75. The lowest BCUT2D eigenvalue weighted by Crippen LogP contribution is -2.04. The van der Waals surface area contributed by atoms with Gasteiger partial charge in [-0.3, -0.25) is 4.79 Å². The van der Waals surface area contributed by atoms with E-state index in [1.54, 1.807) is 24.3 Å². The van der Waals surface area contributed by atoms with Gasteiger partial charge in [0.2, 0.25) is 0 Å². The Labute approximate surface area is 99.7 Å². The van der Waals surface area contributed by atoms with Crippen LogP contribution in [0.15, 0.2) is 42.5 Å². The van der Waals surface area contributed by atoms with Crippen LogP contribution in [0.2, 0.25) is 5.02 Å². The van der Waals surface area contributed by atoms with Gasteiger partial charge in [-0.2, -0.15) is 0 Å². The van der Waals surface area contributed by atoms with E-state index in [2.05, 4.69) is 6.07 Å². The first kappa shape index (κ1) is 10.9. The molecule has 0 aliphatic heterocycles. The zero-order chi connectivity index (χ0) is 11.5. The fraction of sp³-hybridized carbons (Fsp3) is 0.0714. The van der Waals surface area contributed by atoms with Gasteiger partial charge in [-0.05, 0) is 18.6 Å². The SMILES string of the molecule is Cc1ccccc1C(=O)c1ccc[c]c1Cl. The maximum Gasteiger partial charge on any atom is 0.194 e. The summed E-state index contributed by atoms with van der Waals surface area (Å²) in [4.78, 5) is 12.2. The molecule has 0 aliphatic carbocycles. The molecular formula is C14H10ClO. The Balaban J connectivity index is 2.48. The number of hydrogen-bond acceptors (Lipinski definition) is 1. The Hall–Kier alpha value is -1.60. The molecule has 0 fully saturated rings. The molecule has 2 rings (SSSR count). The van der Waals surface area contributed by atoms with Gasteiger partial charge in [-0.15, -0.1) is 0 Å². The highest BCUT2D eigenvalue weighted by molar-refractivity contribution is 6.34. The molecule has 0 aromatic heterocycles. The molecule has 1 nitrogen and oxygen atoms in total. The summed E-state index contributed by atoms with van der Waals surface area (Å²) in [5.74, 6) is -0.0556. The van der Waals surface area contributed by atoms with Crippen molar-refractivity contribution in [3.8, 4) is 0 Å². The molecule has 0 N–H and O–H groups in total. The molecule has 1 radical (unpaired) electrons. The first-order valence-corrected chi connectivity index (χ1v) is 5.34. The molecule has 0 spiro atoms. The van der Waals surface area contributed by atoms with Gasteiger partial charge in [0.05, 0.1) is 5.02 Å². The van der Waals surface area contributed by atoms with E-state index in [1.807, 2.05) is 25.1 Å². The Kier molecular flexibility index (Phi) is 3.07. The van der Waals surface area contributed by atoms with Crippen LogP contribution in [0.1, 0.15) is 21.5 Å². The minimum absolute atomic E-state index is 0.0556. The van der Waals surface area contributed by atoms with Crippen LogP contribution < -0.4 is 0 Å². The van der Waals surface area contributed by atoms with E-state index in [4.69, 9.17) is 11.6 Å². The van der Waals surface area contributed by atoms with Gasteiger partial charge in [0, 0.05) is 17.2 Å². The molecule has 0 bridgehead atoms. The number of carbonyl (C=O) groups excluding carboxylic acids is 1. The maximum absolute atomic E-state index is 12.2. The molecule has 2 heteroatoms. The van der Waals surface area contributed by atoms with E-state index < -0.39 is 0 Å². The maximum atomic E-state index is 12.2. The van der Waals surface area contributed by atoms with E-state index in [9.17, 15) is 4.79 Å². The van der Waals surface area contributed by atoms with Gasteiger partial charge in [0.1, 0.15) is 0 Å². The van der Waals surface area contributed by atoms with E-state index in [-0.39, 0.29) is 5.78 Å². The van der Waals surface area contributed by atoms with Crippen molar-refractivity contribution in [1.29, 1.82) is 0 Å². The molecule has 79 valence electrons. The van der Waals surface area contributed by atoms with Crippen LogP contribution in [0.25, 0.3) is 0 Å². The smallest absolute Gasteiger partial charge is 0.194 e. The molecule has 0 unspecified atom stereocenters. The van der Waals surface area contributed by atoms with E-state index in [0.29, 0.717) is 16.1 Å². The summed E-state index contributed by atoms with van der Waals surface area (Å²) in [6.45, 7) is 1.91. The first-order valence-electron chi connectivity index (χ1n) is 4.96. The minimum Gasteiger partial charge on any atom is -0.289 e. The fourth-order valence-electron chi connectivity index (χ4n) is 1.56. The molecule has 0 aliphatic rings. The molecule has 0 amide bonds. The molecule has 2 aromatic rings. The lowest BCUT2D eigenvalue weighted by atomic mass is 9.99. The van der Waals surface area contributed by atoms with Crippen molar-refractivity contribution in [2.45, 2.75) is 6.92 Å². The van der Waals surface area contributed by atoms with Crippen LogP contribution >= 0.6 is 11.6 Å². The molecule has 0 saturated heterocycles. The third kappa shape index (κ3) is 2.00. The normalized spacial score (nSPS) is 10.1. The van der Waals surface area contributed by atoms with Crippen molar-refractivity contribution in [2.75, 3.05) is 0 Å². The van der Waals surface area contributed by atoms with Crippen molar-refractivity contribution in [2.24, 2.45) is 0 Å². The second-order valence-electron chi connectivity index (χ2n) is 3.54. The third-order valence-electron chi connectivity index (χ3n) is 2.44. The van der Waals surface area contributed by atoms with E-state index >= 15 is 0 Å². The highest BCUT2D eigenvalue weighted by Crippen LogP contribution is 2.20. The fourth-order valence-corrected chi connectivity index (χ4v) is 1.78. The number of ketones is 1. The topological polar surface area (TPSA) is 17.1 Å². The first-order chi connectivity index (χ1) is 7.70. The Morgan fingerprint density at radius 3 is 2.50 bits per heavy atom. The molecule has 0 heterocycles. The summed E-state index contributed by atoms with van der Waals surface area (Å²) in [5, 5.41) is 0.371. The van der Waals surface area contributed by atoms with Crippen LogP contribution in [-0.2, 0) is 0 Å². The largest absolute Gasteiger partial charge is 0.289 e. The van der Waals surface area contributed by atoms with Gasteiger partial charge < -0.3 is 0 Å². The number of hydrogen-bond donors (Lipinski definition) is 0. The molecule has 16 heavy (non-hydrogen) atoms. The summed E-state index contributed by atoms with van der Waals surface area (Å²) in [5.41, 5.74) is 2.13. The molecule has 0 saturated carbocycles. The average molecular weight is 230 g/mol. The number of benzene rings is 2. The zero-order valence-corrected chi connectivity index (χ0v) is 9.58. The van der Waals surface area contributed by atoms with Crippen molar-refractivity contribution >= 4 is 17.4 Å². The molecular weight excluding hydrogens is 220 g/mol. The van der Waals surface area contributed by atoms with Crippen LogP contribution in [-0.4, -0.2) is 5.78 Å². The lowest BCUT2D eigenvalue weighted by molar-refractivity contribution is 0.103. The lowest BCUT2D eigenvalue weighted by Gasteiger charge is -2.05. The predicted molar refractivity (Wildman–Crippen MR) is 64.9 cm³/mol. The monoisotopic (exact) mass is 229 g/mol. The van der Waals surface area contributed by atoms with Gasteiger partial charge in [0.15, 0.2) is 5.78 Å². The van der Waals surface area contributed by atoms with Crippen LogP contribution in [0.5, 0.6) is 0 Å². The quantitative estimate of drug-likeness (QED) is 0.718. The van der Waals surface area contributed by atoms with E-state index in [0.717, 1.165) is 5.56 Å². The number of rotatable bonds is 2. The van der Waals surface area contributed by atoms with Crippen molar-refractivity contribution < 1.29 is 4.79 Å². The van der Waals surface area contributed by atoms with Crippen LogP contribution in [0, 0.1) is 13.0 Å². The Morgan fingerprint density at radius 1 is 1.12 bits per heavy atom. The summed E-state index contributed by atoms with van der Waals surface area (Å²) in [6.07, 6.45) is 0. The molecule has 0 atom stereocenters. The highest BCUT2D eigenvalue weighted by atomic mass is 35.5. The minimum atomic E-state index is -0.0556. The summed E-state index contributed by atoms with van der Waals surface area (Å²) in [6, 6.07) is 15.5. The number of carbonyl (C=O) groups is 1. The standard InChI is InChI=1S/C14H10ClO/c1-10-6-2-3-7-11(10)14(16)12-8-4-5-9-13(12)15/h2-8H,1H3. The summed E-state index contributed by atoms with van der Waals surface area (Å²) < 4.78 is 0. The Bertz CT molecular complexity index is 484. The van der Waals surface area contributed by atoms with Gasteiger partial charge in [-0.1, -0.05) is 48.0 Å². The second kappa shape index (κ2) is 4.50. The van der Waals surface area contributed by atoms with Crippen LogP contribution in [0.4, 0.5) is 0 Å². The van der Waals surface area contributed by atoms with Gasteiger partial charge in [0.25, 0.3) is 0 Å². The van der Waals surface area contributed by atoms with Crippen LogP contribution in [0.3, 0.4) is 0 Å². The van der Waals surface area contributed by atoms with Crippen molar-refractivity contribution in [1.82, 2.24) is 0 Å². The second-order valence-corrected chi connectivity index (χ2v) is 3.92. The molecule has 2 aromatic carbocycles. The highest BCUT2D eigenvalue weighted by Gasteiger charge is 2.13. The number of aryl methyl sites for hydroxylation is 1.